The van der Waals surface area contributed by atoms with Crippen LogP contribution in [0.15, 0.2) is 0 Å². The number of alkyl halides is 2. The maximum Gasteiger partial charge on any atom is 0.248 e. The van der Waals surface area contributed by atoms with Crippen LogP contribution in [0.25, 0.3) is 0 Å². The zero-order valence-corrected chi connectivity index (χ0v) is 10.3. The molecule has 0 amide bonds. The molecular weight excluding hydrogens is 216 g/mol. The SMILES string of the molecule is CN(CCCCS)C1CCC(F)(F)CC1. The Labute approximate surface area is 96.6 Å². The highest BCUT2D eigenvalue weighted by molar-refractivity contribution is 7.80. The highest BCUT2D eigenvalue weighted by Crippen LogP contribution is 2.34. The topological polar surface area (TPSA) is 3.24 Å². The van der Waals surface area contributed by atoms with Gasteiger partial charge in [-0.05, 0) is 45.0 Å². The van der Waals surface area contributed by atoms with Gasteiger partial charge < -0.3 is 4.90 Å². The molecule has 1 saturated carbocycles. The minimum absolute atomic E-state index is 0.0641. The molecule has 1 nitrogen and oxygen atoms in total. The first-order chi connectivity index (χ1) is 7.05. The van der Waals surface area contributed by atoms with Crippen LogP contribution < -0.4 is 0 Å². The quantitative estimate of drug-likeness (QED) is 0.567. The van der Waals surface area contributed by atoms with Crippen LogP contribution in [-0.4, -0.2) is 36.2 Å². The highest BCUT2D eigenvalue weighted by Gasteiger charge is 2.35. The minimum Gasteiger partial charge on any atom is -0.303 e. The van der Waals surface area contributed by atoms with Crippen molar-refractivity contribution < 1.29 is 8.78 Å². The Hall–Kier alpha value is 0.170. The van der Waals surface area contributed by atoms with E-state index < -0.39 is 5.92 Å². The molecule has 0 spiro atoms. The molecule has 0 aromatic rings. The van der Waals surface area contributed by atoms with Crippen LogP contribution in [0, 0.1) is 0 Å². The third kappa shape index (κ3) is 4.68. The van der Waals surface area contributed by atoms with Crippen molar-refractivity contribution in [2.45, 2.75) is 50.5 Å². The molecule has 0 unspecified atom stereocenters. The van der Waals surface area contributed by atoms with Gasteiger partial charge in [-0.1, -0.05) is 0 Å². The van der Waals surface area contributed by atoms with E-state index in [0.29, 0.717) is 18.9 Å². The van der Waals surface area contributed by atoms with Crippen molar-refractivity contribution in [2.24, 2.45) is 0 Å². The summed E-state index contributed by atoms with van der Waals surface area (Å²) in [6.07, 6.45) is 3.64. The second-order valence-electron chi connectivity index (χ2n) is 4.50. The maximum absolute atomic E-state index is 12.9. The fourth-order valence-electron chi connectivity index (χ4n) is 2.12. The predicted octanol–water partition coefficient (Wildman–Crippen LogP) is 3.21. The summed E-state index contributed by atoms with van der Waals surface area (Å²) in [5.74, 6) is -1.49. The summed E-state index contributed by atoms with van der Waals surface area (Å²) in [6, 6.07) is 0.365. The lowest BCUT2D eigenvalue weighted by atomic mass is 9.91. The minimum atomic E-state index is -2.40. The fraction of sp³-hybridized carbons (Fsp3) is 1.00. The van der Waals surface area contributed by atoms with Gasteiger partial charge in [-0.2, -0.15) is 12.6 Å². The maximum atomic E-state index is 12.9. The number of hydrogen-bond acceptors (Lipinski definition) is 2. The molecule has 1 fully saturated rings. The van der Waals surface area contributed by atoms with Crippen molar-refractivity contribution in [2.75, 3.05) is 19.3 Å². The van der Waals surface area contributed by atoms with Crippen molar-refractivity contribution in [1.82, 2.24) is 4.90 Å². The molecule has 0 radical (unpaired) electrons. The molecule has 1 rings (SSSR count). The number of halogens is 2. The van der Waals surface area contributed by atoms with E-state index in [2.05, 4.69) is 17.5 Å². The van der Waals surface area contributed by atoms with Crippen LogP contribution in [0.4, 0.5) is 8.78 Å². The van der Waals surface area contributed by atoms with Crippen molar-refractivity contribution in [1.29, 1.82) is 0 Å². The van der Waals surface area contributed by atoms with Gasteiger partial charge in [0.2, 0.25) is 5.92 Å². The number of unbranched alkanes of at least 4 members (excludes halogenated alkanes) is 1. The first-order valence-corrected chi connectivity index (χ1v) is 6.37. The van der Waals surface area contributed by atoms with Gasteiger partial charge in [-0.25, -0.2) is 8.78 Å². The van der Waals surface area contributed by atoms with E-state index in [-0.39, 0.29) is 12.8 Å². The summed E-state index contributed by atoms with van der Waals surface area (Å²) in [6.45, 7) is 1.01. The fourth-order valence-corrected chi connectivity index (χ4v) is 2.34. The molecule has 0 atom stereocenters. The summed E-state index contributed by atoms with van der Waals surface area (Å²) in [5, 5.41) is 0. The average Bonchev–Trinajstić information content (AvgIpc) is 2.18. The third-order valence-corrected chi connectivity index (χ3v) is 3.55. The predicted molar refractivity (Wildman–Crippen MR) is 62.9 cm³/mol. The second kappa shape index (κ2) is 6.04. The second-order valence-corrected chi connectivity index (χ2v) is 4.95. The van der Waals surface area contributed by atoms with Crippen molar-refractivity contribution in [3.63, 3.8) is 0 Å². The lowest BCUT2D eigenvalue weighted by molar-refractivity contribution is -0.0512. The zero-order chi connectivity index (χ0) is 11.3. The Balaban J connectivity index is 2.21. The summed E-state index contributed by atoms with van der Waals surface area (Å²) in [4.78, 5) is 2.23. The molecule has 1 aliphatic carbocycles. The van der Waals surface area contributed by atoms with Crippen LogP contribution in [0.3, 0.4) is 0 Å². The molecule has 0 heterocycles. The molecule has 0 N–H and O–H groups in total. The molecule has 4 heteroatoms. The van der Waals surface area contributed by atoms with Gasteiger partial charge in [0.25, 0.3) is 0 Å². The van der Waals surface area contributed by atoms with Crippen LogP contribution in [0.5, 0.6) is 0 Å². The average molecular weight is 237 g/mol. The summed E-state index contributed by atoms with van der Waals surface area (Å²) >= 11 is 4.16. The lowest BCUT2D eigenvalue weighted by Crippen LogP contribution is -2.38. The third-order valence-electron chi connectivity index (χ3n) is 3.23. The highest BCUT2D eigenvalue weighted by atomic mass is 32.1. The zero-order valence-electron chi connectivity index (χ0n) is 9.38. The molecule has 0 aromatic carbocycles. The number of hydrogen-bond donors (Lipinski definition) is 1. The van der Waals surface area contributed by atoms with Gasteiger partial charge >= 0.3 is 0 Å². The van der Waals surface area contributed by atoms with E-state index in [9.17, 15) is 8.78 Å². The number of rotatable bonds is 5. The van der Waals surface area contributed by atoms with Gasteiger partial charge in [0.1, 0.15) is 0 Å². The van der Waals surface area contributed by atoms with Gasteiger partial charge in [0, 0.05) is 18.9 Å². The van der Waals surface area contributed by atoms with Gasteiger partial charge in [-0.3, -0.25) is 0 Å². The molecular formula is C11H21F2NS. The van der Waals surface area contributed by atoms with E-state index in [1.165, 1.54) is 0 Å². The molecule has 90 valence electrons. The Morgan fingerprint density at radius 2 is 1.87 bits per heavy atom. The van der Waals surface area contributed by atoms with E-state index in [1.807, 2.05) is 7.05 Å². The Kier molecular flexibility index (Phi) is 5.33. The molecule has 0 bridgehead atoms. The normalized spacial score (nSPS) is 22.2. The number of nitrogens with zero attached hydrogens (tertiary/aromatic N) is 1. The van der Waals surface area contributed by atoms with E-state index in [1.54, 1.807) is 0 Å². The van der Waals surface area contributed by atoms with E-state index >= 15 is 0 Å². The standard InChI is InChI=1S/C11H21F2NS/c1-14(8-2-3-9-15)10-4-6-11(12,13)7-5-10/h10,15H,2-9H2,1H3. The van der Waals surface area contributed by atoms with Crippen molar-refractivity contribution in [3.05, 3.63) is 0 Å². The molecule has 0 aromatic heterocycles. The molecule has 15 heavy (non-hydrogen) atoms. The molecule has 0 saturated heterocycles. The Bertz CT molecular complexity index is 177. The molecule has 0 aliphatic heterocycles. The van der Waals surface area contributed by atoms with Crippen LogP contribution in [0.2, 0.25) is 0 Å². The van der Waals surface area contributed by atoms with Crippen LogP contribution in [0.1, 0.15) is 38.5 Å². The smallest absolute Gasteiger partial charge is 0.248 e. The van der Waals surface area contributed by atoms with Gasteiger partial charge in [0.15, 0.2) is 0 Å². The molecule has 1 aliphatic rings. The van der Waals surface area contributed by atoms with E-state index in [0.717, 1.165) is 25.1 Å². The van der Waals surface area contributed by atoms with Gasteiger partial charge in [-0.15, -0.1) is 0 Å². The Morgan fingerprint density at radius 3 is 2.40 bits per heavy atom. The van der Waals surface area contributed by atoms with E-state index in [4.69, 9.17) is 0 Å². The van der Waals surface area contributed by atoms with Crippen LogP contribution in [-0.2, 0) is 0 Å². The van der Waals surface area contributed by atoms with Crippen molar-refractivity contribution in [3.8, 4) is 0 Å². The largest absolute Gasteiger partial charge is 0.303 e. The Morgan fingerprint density at radius 1 is 1.27 bits per heavy atom. The monoisotopic (exact) mass is 237 g/mol. The lowest BCUT2D eigenvalue weighted by Gasteiger charge is -2.34. The summed E-state index contributed by atoms with van der Waals surface area (Å²) < 4.78 is 25.8. The first kappa shape index (κ1) is 13.2. The van der Waals surface area contributed by atoms with Crippen molar-refractivity contribution >= 4 is 12.6 Å². The summed E-state index contributed by atoms with van der Waals surface area (Å²) in [7, 11) is 2.05. The summed E-state index contributed by atoms with van der Waals surface area (Å²) in [5.41, 5.74) is 0. The van der Waals surface area contributed by atoms with Gasteiger partial charge in [0.05, 0.1) is 0 Å². The number of thiol groups is 1. The first-order valence-electron chi connectivity index (χ1n) is 5.74. The van der Waals surface area contributed by atoms with Crippen LogP contribution >= 0.6 is 12.6 Å².